The quantitative estimate of drug-likeness (QED) is 0.947. The molecule has 2 heterocycles. The first-order valence-electron chi connectivity index (χ1n) is 6.02. The Hall–Kier alpha value is -1.20. The van der Waals surface area contributed by atoms with Crippen LogP contribution in [0.15, 0.2) is 27.2 Å². The van der Waals surface area contributed by atoms with Crippen molar-refractivity contribution in [1.29, 1.82) is 0 Å². The second-order valence-electron chi connectivity index (χ2n) is 4.70. The van der Waals surface area contributed by atoms with Gasteiger partial charge < -0.3 is 9.84 Å². The van der Waals surface area contributed by atoms with E-state index in [4.69, 9.17) is 4.52 Å². The zero-order chi connectivity index (χ0) is 12.5. The van der Waals surface area contributed by atoms with E-state index in [9.17, 15) is 0 Å². The summed E-state index contributed by atoms with van der Waals surface area (Å²) >= 11 is 3.52. The van der Waals surface area contributed by atoms with Crippen molar-refractivity contribution in [2.75, 3.05) is 13.1 Å². The van der Waals surface area contributed by atoms with Gasteiger partial charge in [-0.2, -0.15) is 4.98 Å². The Morgan fingerprint density at radius 2 is 2.28 bits per heavy atom. The summed E-state index contributed by atoms with van der Waals surface area (Å²) in [6.45, 7) is 4.15. The lowest BCUT2D eigenvalue weighted by atomic mass is 10.00. The van der Waals surface area contributed by atoms with Crippen LogP contribution in [-0.2, 0) is 6.42 Å². The normalized spacial score (nSPS) is 15.7. The molecule has 18 heavy (non-hydrogen) atoms. The summed E-state index contributed by atoms with van der Waals surface area (Å²) in [6, 6.07) is 6.08. The van der Waals surface area contributed by atoms with Gasteiger partial charge in [0, 0.05) is 16.5 Å². The maximum Gasteiger partial charge on any atom is 0.227 e. The number of hydrogen-bond acceptors (Lipinski definition) is 4. The summed E-state index contributed by atoms with van der Waals surface area (Å²) in [5.74, 6) is 2.04. The van der Waals surface area contributed by atoms with Crippen LogP contribution in [0.2, 0.25) is 0 Å². The lowest BCUT2D eigenvalue weighted by molar-refractivity contribution is 0.296. The molecule has 4 nitrogen and oxygen atoms in total. The van der Waals surface area contributed by atoms with E-state index in [-0.39, 0.29) is 0 Å². The molecule has 1 aliphatic rings. The molecule has 1 N–H and O–H groups in total. The Morgan fingerprint density at radius 1 is 1.44 bits per heavy atom. The van der Waals surface area contributed by atoms with Crippen molar-refractivity contribution in [2.45, 2.75) is 13.3 Å². The second-order valence-corrected chi connectivity index (χ2v) is 5.56. The van der Waals surface area contributed by atoms with Crippen molar-refractivity contribution in [2.24, 2.45) is 5.92 Å². The number of rotatable bonds is 3. The number of halogens is 1. The Kier molecular flexibility index (Phi) is 3.18. The highest BCUT2D eigenvalue weighted by Gasteiger charge is 2.20. The first-order valence-corrected chi connectivity index (χ1v) is 6.81. The van der Waals surface area contributed by atoms with Gasteiger partial charge in [-0.15, -0.1) is 0 Å². The number of aryl methyl sites for hydroxylation is 1. The lowest BCUT2D eigenvalue weighted by Gasteiger charge is -2.25. The van der Waals surface area contributed by atoms with Gasteiger partial charge in [-0.05, 0) is 37.6 Å². The maximum absolute atomic E-state index is 5.29. The zero-order valence-electron chi connectivity index (χ0n) is 10.1. The monoisotopic (exact) mass is 307 g/mol. The van der Waals surface area contributed by atoms with E-state index >= 15 is 0 Å². The van der Waals surface area contributed by atoms with Gasteiger partial charge in [0.15, 0.2) is 0 Å². The summed E-state index contributed by atoms with van der Waals surface area (Å²) in [4.78, 5) is 4.45. The van der Waals surface area contributed by atoms with Gasteiger partial charge in [-0.25, -0.2) is 0 Å². The molecular weight excluding hydrogens is 294 g/mol. The molecule has 94 valence electrons. The van der Waals surface area contributed by atoms with Crippen LogP contribution in [0.3, 0.4) is 0 Å². The molecule has 0 atom stereocenters. The van der Waals surface area contributed by atoms with E-state index in [1.165, 1.54) is 5.56 Å². The van der Waals surface area contributed by atoms with Crippen molar-refractivity contribution in [1.82, 2.24) is 15.5 Å². The van der Waals surface area contributed by atoms with Gasteiger partial charge in [-0.1, -0.05) is 33.2 Å². The van der Waals surface area contributed by atoms with Crippen LogP contribution in [0.5, 0.6) is 0 Å². The third-order valence-corrected chi connectivity index (χ3v) is 4.08. The third kappa shape index (κ3) is 2.33. The average Bonchev–Trinajstić information content (AvgIpc) is 2.76. The molecule has 1 aliphatic heterocycles. The number of benzene rings is 1. The minimum atomic E-state index is 0.642. The van der Waals surface area contributed by atoms with Gasteiger partial charge in [0.05, 0.1) is 0 Å². The minimum Gasteiger partial charge on any atom is -0.339 e. The first-order chi connectivity index (χ1) is 8.72. The van der Waals surface area contributed by atoms with Crippen LogP contribution in [0.1, 0.15) is 11.5 Å². The zero-order valence-corrected chi connectivity index (χ0v) is 11.7. The van der Waals surface area contributed by atoms with Crippen LogP contribution in [0, 0.1) is 12.8 Å². The van der Waals surface area contributed by atoms with Gasteiger partial charge in [0.2, 0.25) is 11.7 Å². The van der Waals surface area contributed by atoms with Crippen LogP contribution < -0.4 is 5.32 Å². The van der Waals surface area contributed by atoms with Crippen molar-refractivity contribution in [3.63, 3.8) is 0 Å². The van der Waals surface area contributed by atoms with E-state index < -0.39 is 0 Å². The van der Waals surface area contributed by atoms with Crippen LogP contribution in [0.25, 0.3) is 11.4 Å². The van der Waals surface area contributed by atoms with Crippen LogP contribution >= 0.6 is 15.9 Å². The predicted octanol–water partition coefficient (Wildman–Crippen LogP) is 2.57. The molecule has 3 rings (SSSR count). The fourth-order valence-corrected chi connectivity index (χ4v) is 2.31. The Morgan fingerprint density at radius 3 is 2.94 bits per heavy atom. The van der Waals surface area contributed by atoms with Gasteiger partial charge in [0.25, 0.3) is 0 Å². The fourth-order valence-electron chi connectivity index (χ4n) is 1.93. The fraction of sp³-hybridized carbons (Fsp3) is 0.385. The summed E-state index contributed by atoms with van der Waals surface area (Å²) in [5, 5.41) is 7.28. The molecule has 1 fully saturated rings. The highest BCUT2D eigenvalue weighted by molar-refractivity contribution is 9.10. The van der Waals surface area contributed by atoms with E-state index in [0.29, 0.717) is 11.7 Å². The molecule has 0 radical (unpaired) electrons. The molecule has 2 aromatic rings. The highest BCUT2D eigenvalue weighted by Crippen LogP contribution is 2.24. The molecule has 0 unspecified atom stereocenters. The van der Waals surface area contributed by atoms with Gasteiger partial charge in [-0.3, -0.25) is 0 Å². The molecule has 0 aliphatic carbocycles. The van der Waals surface area contributed by atoms with E-state index in [2.05, 4.69) is 38.3 Å². The molecule has 0 spiro atoms. The van der Waals surface area contributed by atoms with Crippen LogP contribution in [-0.4, -0.2) is 23.2 Å². The lowest BCUT2D eigenvalue weighted by Crippen LogP contribution is -2.43. The molecule has 5 heteroatoms. The Bertz CT molecular complexity index is 563. The summed E-state index contributed by atoms with van der Waals surface area (Å²) in [7, 11) is 0. The smallest absolute Gasteiger partial charge is 0.227 e. The van der Waals surface area contributed by atoms with E-state index in [1.54, 1.807) is 0 Å². The number of nitrogens with one attached hydrogen (secondary N) is 1. The molecule has 1 saturated heterocycles. The van der Waals surface area contributed by atoms with E-state index in [1.807, 2.05) is 18.2 Å². The van der Waals surface area contributed by atoms with Crippen molar-refractivity contribution in [3.8, 4) is 11.4 Å². The molecule has 0 bridgehead atoms. The second kappa shape index (κ2) is 4.82. The summed E-state index contributed by atoms with van der Waals surface area (Å²) < 4.78 is 6.36. The van der Waals surface area contributed by atoms with Gasteiger partial charge >= 0.3 is 0 Å². The SMILES string of the molecule is Cc1ccc(-c2noc(CC3CNC3)n2)cc1Br. The molecule has 0 amide bonds. The number of nitrogens with zero attached hydrogens (tertiary/aromatic N) is 2. The maximum atomic E-state index is 5.29. The number of aromatic nitrogens is 2. The van der Waals surface area contributed by atoms with Crippen molar-refractivity contribution < 1.29 is 4.52 Å². The summed E-state index contributed by atoms with van der Waals surface area (Å²) in [5.41, 5.74) is 2.18. The number of hydrogen-bond donors (Lipinski definition) is 1. The molecule has 0 saturated carbocycles. The third-order valence-electron chi connectivity index (χ3n) is 3.23. The van der Waals surface area contributed by atoms with E-state index in [0.717, 1.165) is 35.4 Å². The summed E-state index contributed by atoms with van der Waals surface area (Å²) in [6.07, 6.45) is 0.868. The Labute approximate surface area is 114 Å². The molecular formula is C13H14BrN3O. The average molecular weight is 308 g/mol. The highest BCUT2D eigenvalue weighted by atomic mass is 79.9. The predicted molar refractivity (Wildman–Crippen MR) is 72.2 cm³/mol. The van der Waals surface area contributed by atoms with Gasteiger partial charge in [0.1, 0.15) is 0 Å². The van der Waals surface area contributed by atoms with Crippen molar-refractivity contribution >= 4 is 15.9 Å². The Balaban J connectivity index is 1.80. The first kappa shape index (κ1) is 11.9. The van der Waals surface area contributed by atoms with Crippen molar-refractivity contribution in [3.05, 3.63) is 34.1 Å². The van der Waals surface area contributed by atoms with Crippen LogP contribution in [0.4, 0.5) is 0 Å². The largest absolute Gasteiger partial charge is 0.339 e. The topological polar surface area (TPSA) is 51.0 Å². The molecule has 1 aromatic heterocycles. The molecule has 1 aromatic carbocycles. The minimum absolute atomic E-state index is 0.642. The standard InChI is InChI=1S/C13H14BrN3O/c1-8-2-3-10(5-11(8)14)13-16-12(18-17-13)4-9-6-15-7-9/h2-3,5,9,15H,4,6-7H2,1H3.